The SMILES string of the molecule is CCCC[Si](C)(C)OCCC=Cc1ccc(Cl)c(Cl)c1. The average Bonchev–Trinajstić information content (AvgIpc) is 2.40. The first kappa shape index (κ1) is 17.8. The molecule has 0 N–H and O–H groups in total. The van der Waals surface area contributed by atoms with E-state index in [1.54, 1.807) is 0 Å². The van der Waals surface area contributed by atoms with Crippen molar-refractivity contribution in [3.8, 4) is 0 Å². The largest absolute Gasteiger partial charge is 0.417 e. The minimum atomic E-state index is -1.44. The van der Waals surface area contributed by atoms with Gasteiger partial charge in [-0.05, 0) is 43.3 Å². The number of hydrogen-bond donors (Lipinski definition) is 0. The summed E-state index contributed by atoms with van der Waals surface area (Å²) in [7, 11) is -1.44. The lowest BCUT2D eigenvalue weighted by molar-refractivity contribution is 0.313. The van der Waals surface area contributed by atoms with E-state index >= 15 is 0 Å². The van der Waals surface area contributed by atoms with Gasteiger partial charge in [0.15, 0.2) is 8.32 Å². The first-order valence-electron chi connectivity index (χ1n) is 7.20. The monoisotopic (exact) mass is 330 g/mol. The minimum Gasteiger partial charge on any atom is -0.417 e. The third-order valence-corrected chi connectivity index (χ3v) is 6.45. The molecular weight excluding hydrogens is 307 g/mol. The maximum Gasteiger partial charge on any atom is 0.186 e. The molecule has 0 atom stereocenters. The molecule has 0 unspecified atom stereocenters. The fraction of sp³-hybridized carbons (Fsp3) is 0.500. The van der Waals surface area contributed by atoms with E-state index in [-0.39, 0.29) is 0 Å². The zero-order chi connectivity index (χ0) is 15.0. The molecule has 0 fully saturated rings. The van der Waals surface area contributed by atoms with Crippen molar-refractivity contribution in [2.75, 3.05) is 6.61 Å². The fourth-order valence-corrected chi connectivity index (χ4v) is 4.24. The molecule has 0 bridgehead atoms. The topological polar surface area (TPSA) is 9.23 Å². The van der Waals surface area contributed by atoms with E-state index in [1.807, 2.05) is 18.2 Å². The first-order valence-corrected chi connectivity index (χ1v) is 11.1. The van der Waals surface area contributed by atoms with Gasteiger partial charge >= 0.3 is 0 Å². The molecule has 4 heteroatoms. The van der Waals surface area contributed by atoms with Crippen LogP contribution in [-0.2, 0) is 4.43 Å². The lowest BCUT2D eigenvalue weighted by Gasteiger charge is -2.22. The van der Waals surface area contributed by atoms with Crippen molar-refractivity contribution in [2.24, 2.45) is 0 Å². The molecule has 0 saturated heterocycles. The molecule has 0 aliphatic carbocycles. The number of benzene rings is 1. The molecule has 0 aliphatic heterocycles. The molecule has 0 amide bonds. The van der Waals surface area contributed by atoms with Crippen molar-refractivity contribution in [2.45, 2.75) is 45.3 Å². The van der Waals surface area contributed by atoms with Gasteiger partial charge < -0.3 is 4.43 Å². The van der Waals surface area contributed by atoms with Gasteiger partial charge in [0, 0.05) is 6.61 Å². The van der Waals surface area contributed by atoms with Crippen molar-refractivity contribution < 1.29 is 4.43 Å². The molecule has 1 nitrogen and oxygen atoms in total. The summed E-state index contributed by atoms with van der Waals surface area (Å²) in [6.45, 7) is 7.63. The van der Waals surface area contributed by atoms with Gasteiger partial charge in [-0.1, -0.05) is 61.2 Å². The quantitative estimate of drug-likeness (QED) is 0.394. The van der Waals surface area contributed by atoms with Crippen LogP contribution in [0.4, 0.5) is 0 Å². The van der Waals surface area contributed by atoms with Gasteiger partial charge in [-0.3, -0.25) is 0 Å². The summed E-state index contributed by atoms with van der Waals surface area (Å²) < 4.78 is 6.05. The molecule has 1 rings (SSSR count). The summed E-state index contributed by atoms with van der Waals surface area (Å²) in [6.07, 6.45) is 7.65. The predicted octanol–water partition coefficient (Wildman–Crippen LogP) is 6.42. The van der Waals surface area contributed by atoms with Crippen LogP contribution in [0.25, 0.3) is 6.08 Å². The summed E-state index contributed by atoms with van der Waals surface area (Å²) in [4.78, 5) is 0. The Morgan fingerprint density at radius 3 is 2.60 bits per heavy atom. The Bertz CT molecular complexity index is 444. The third kappa shape index (κ3) is 6.94. The van der Waals surface area contributed by atoms with E-state index in [1.165, 1.54) is 18.9 Å². The Hall–Kier alpha value is -0.283. The van der Waals surface area contributed by atoms with E-state index in [4.69, 9.17) is 27.6 Å². The van der Waals surface area contributed by atoms with Gasteiger partial charge in [0.1, 0.15) is 0 Å². The lowest BCUT2D eigenvalue weighted by atomic mass is 10.2. The predicted molar refractivity (Wildman–Crippen MR) is 93.3 cm³/mol. The molecule has 0 aromatic heterocycles. The van der Waals surface area contributed by atoms with Crippen LogP contribution in [-0.4, -0.2) is 14.9 Å². The van der Waals surface area contributed by atoms with Crippen molar-refractivity contribution in [3.05, 3.63) is 39.9 Å². The van der Waals surface area contributed by atoms with Crippen LogP contribution in [0, 0.1) is 0 Å². The lowest BCUT2D eigenvalue weighted by Crippen LogP contribution is -2.30. The molecular formula is C16H24Cl2OSi. The molecule has 0 spiro atoms. The van der Waals surface area contributed by atoms with Crippen LogP contribution >= 0.6 is 23.2 Å². The van der Waals surface area contributed by atoms with E-state index in [0.717, 1.165) is 18.6 Å². The second-order valence-corrected chi connectivity index (χ2v) is 10.7. The second kappa shape index (κ2) is 8.88. The number of rotatable bonds is 8. The fourth-order valence-electron chi connectivity index (χ4n) is 1.91. The van der Waals surface area contributed by atoms with Crippen molar-refractivity contribution in [1.29, 1.82) is 0 Å². The van der Waals surface area contributed by atoms with Crippen LogP contribution in [0.3, 0.4) is 0 Å². The zero-order valence-electron chi connectivity index (χ0n) is 12.6. The van der Waals surface area contributed by atoms with Crippen molar-refractivity contribution >= 4 is 37.6 Å². The Kier molecular flexibility index (Phi) is 7.89. The van der Waals surface area contributed by atoms with Crippen LogP contribution in [0.15, 0.2) is 24.3 Å². The van der Waals surface area contributed by atoms with Gasteiger partial charge in [0.25, 0.3) is 0 Å². The summed E-state index contributed by atoms with van der Waals surface area (Å²) >= 11 is 11.9. The molecule has 0 heterocycles. The maximum atomic E-state index is 6.05. The highest BCUT2D eigenvalue weighted by Crippen LogP contribution is 2.23. The smallest absolute Gasteiger partial charge is 0.186 e. The van der Waals surface area contributed by atoms with E-state index in [2.05, 4.69) is 32.2 Å². The average molecular weight is 331 g/mol. The molecule has 0 radical (unpaired) electrons. The zero-order valence-corrected chi connectivity index (χ0v) is 15.1. The summed E-state index contributed by atoms with van der Waals surface area (Å²) in [5.74, 6) is 0. The molecule has 1 aromatic carbocycles. The molecule has 1 aromatic rings. The minimum absolute atomic E-state index is 0.593. The van der Waals surface area contributed by atoms with Gasteiger partial charge in [-0.25, -0.2) is 0 Å². The highest BCUT2D eigenvalue weighted by atomic mass is 35.5. The standard InChI is InChI=1S/C16H24Cl2OSi/c1-4-5-12-20(2,3)19-11-7-6-8-14-9-10-15(17)16(18)13-14/h6,8-10,13H,4-5,7,11-12H2,1-3H3. The van der Waals surface area contributed by atoms with E-state index in [0.29, 0.717) is 10.0 Å². The van der Waals surface area contributed by atoms with Crippen molar-refractivity contribution in [3.63, 3.8) is 0 Å². The van der Waals surface area contributed by atoms with Gasteiger partial charge in [0.2, 0.25) is 0 Å². The van der Waals surface area contributed by atoms with Crippen LogP contribution in [0.2, 0.25) is 29.2 Å². The Balaban J connectivity index is 2.33. The van der Waals surface area contributed by atoms with E-state index in [9.17, 15) is 0 Å². The highest BCUT2D eigenvalue weighted by molar-refractivity contribution is 6.71. The van der Waals surface area contributed by atoms with Gasteiger partial charge in [-0.2, -0.15) is 0 Å². The van der Waals surface area contributed by atoms with E-state index < -0.39 is 8.32 Å². The second-order valence-electron chi connectivity index (χ2n) is 5.58. The first-order chi connectivity index (χ1) is 9.44. The maximum absolute atomic E-state index is 6.05. The molecule has 0 aliphatic rings. The van der Waals surface area contributed by atoms with Crippen LogP contribution in [0.5, 0.6) is 0 Å². The molecule has 20 heavy (non-hydrogen) atoms. The molecule has 112 valence electrons. The Morgan fingerprint density at radius 2 is 1.95 bits per heavy atom. The Labute approximate surface area is 134 Å². The highest BCUT2D eigenvalue weighted by Gasteiger charge is 2.20. The number of halogens is 2. The van der Waals surface area contributed by atoms with Crippen molar-refractivity contribution in [1.82, 2.24) is 0 Å². The number of unbranched alkanes of at least 4 members (excludes halogenated alkanes) is 1. The molecule has 0 saturated carbocycles. The Morgan fingerprint density at radius 1 is 1.20 bits per heavy atom. The third-order valence-electron chi connectivity index (χ3n) is 3.16. The normalized spacial score (nSPS) is 12.2. The summed E-state index contributed by atoms with van der Waals surface area (Å²) in [5, 5.41) is 1.19. The summed E-state index contributed by atoms with van der Waals surface area (Å²) in [6, 6.07) is 6.91. The summed E-state index contributed by atoms with van der Waals surface area (Å²) in [5.41, 5.74) is 1.07. The van der Waals surface area contributed by atoms with Gasteiger partial charge in [0.05, 0.1) is 10.0 Å². The van der Waals surface area contributed by atoms with Gasteiger partial charge in [-0.15, -0.1) is 0 Å². The number of hydrogen-bond acceptors (Lipinski definition) is 1. The van der Waals surface area contributed by atoms with Crippen LogP contribution < -0.4 is 0 Å². The van der Waals surface area contributed by atoms with Crippen LogP contribution in [0.1, 0.15) is 31.7 Å².